The first-order valence-electron chi connectivity index (χ1n) is 9.47. The molecule has 1 amide bonds. The van der Waals surface area contributed by atoms with Gasteiger partial charge in [0.15, 0.2) is 5.65 Å². The summed E-state index contributed by atoms with van der Waals surface area (Å²) in [7, 11) is 1.84. The predicted octanol–water partition coefficient (Wildman–Crippen LogP) is 3.52. The molecule has 4 rings (SSSR count). The van der Waals surface area contributed by atoms with E-state index in [4.69, 9.17) is 32.9 Å². The Bertz CT molecular complexity index is 1190. The largest absolute Gasteiger partial charge is 0.378 e. The molecule has 1 fully saturated rings. The van der Waals surface area contributed by atoms with Crippen LogP contribution in [0.2, 0.25) is 10.0 Å². The number of morpholine rings is 1. The number of halogens is 2. The van der Waals surface area contributed by atoms with Crippen LogP contribution in [0.25, 0.3) is 11.2 Å². The zero-order valence-electron chi connectivity index (χ0n) is 16.6. The molecule has 1 aliphatic rings. The highest BCUT2D eigenvalue weighted by Crippen LogP contribution is 2.32. The third-order valence-corrected chi connectivity index (χ3v) is 6.06. The van der Waals surface area contributed by atoms with Crippen LogP contribution in [-0.2, 0) is 18.2 Å². The summed E-state index contributed by atoms with van der Waals surface area (Å²) < 4.78 is 7.15. The topological polar surface area (TPSA) is 84.0 Å². The maximum absolute atomic E-state index is 12.9. The van der Waals surface area contributed by atoms with Gasteiger partial charge in [0.05, 0.1) is 23.8 Å². The molecule has 0 unspecified atom stereocenters. The Balaban J connectivity index is 1.73. The first-order valence-corrected chi connectivity index (χ1v) is 10.2. The molecule has 1 aromatic carbocycles. The number of imidazole rings is 1. The second-order valence-electron chi connectivity index (χ2n) is 7.16. The summed E-state index contributed by atoms with van der Waals surface area (Å²) in [4.78, 5) is 23.7. The van der Waals surface area contributed by atoms with Gasteiger partial charge in [-0.25, -0.2) is 9.97 Å². The van der Waals surface area contributed by atoms with Crippen LogP contribution < -0.4 is 0 Å². The SMILES string of the molecule is Cc1cc(C#N)nc2c1nc(Cc1c(Cl)ccc(C(=O)N3CCOCC3)c1Cl)n2C. The number of aryl methyl sites for hydroxylation is 2. The summed E-state index contributed by atoms with van der Waals surface area (Å²) in [6, 6.07) is 7.13. The Labute approximate surface area is 183 Å². The van der Waals surface area contributed by atoms with Gasteiger partial charge in [-0.3, -0.25) is 4.79 Å². The van der Waals surface area contributed by atoms with E-state index in [0.29, 0.717) is 71.1 Å². The van der Waals surface area contributed by atoms with Crippen molar-refractivity contribution >= 4 is 40.3 Å². The third-order valence-electron chi connectivity index (χ3n) is 5.27. The Morgan fingerprint density at radius 3 is 2.70 bits per heavy atom. The molecule has 1 aliphatic heterocycles. The maximum Gasteiger partial charge on any atom is 0.255 e. The van der Waals surface area contributed by atoms with Gasteiger partial charge in [-0.2, -0.15) is 5.26 Å². The number of hydrogen-bond donors (Lipinski definition) is 0. The Morgan fingerprint density at radius 1 is 1.27 bits per heavy atom. The Hall–Kier alpha value is -2.66. The number of nitrogens with zero attached hydrogens (tertiary/aromatic N) is 5. The molecule has 3 heterocycles. The zero-order chi connectivity index (χ0) is 21.4. The number of nitriles is 1. The minimum absolute atomic E-state index is 0.137. The van der Waals surface area contributed by atoms with Crippen LogP contribution in [0.1, 0.15) is 33.0 Å². The lowest BCUT2D eigenvalue weighted by Gasteiger charge is -2.27. The normalized spacial score (nSPS) is 14.2. The van der Waals surface area contributed by atoms with Crippen molar-refractivity contribution in [1.82, 2.24) is 19.4 Å². The lowest BCUT2D eigenvalue weighted by molar-refractivity contribution is 0.0303. The van der Waals surface area contributed by atoms with Gasteiger partial charge in [-0.15, -0.1) is 0 Å². The number of rotatable bonds is 3. The number of fused-ring (bicyclic) bond motifs is 1. The fourth-order valence-electron chi connectivity index (χ4n) is 3.58. The first kappa shape index (κ1) is 20.6. The molecule has 0 aliphatic carbocycles. The molecule has 0 atom stereocenters. The number of amides is 1. The summed E-state index contributed by atoms with van der Waals surface area (Å²) in [5.41, 5.74) is 3.59. The van der Waals surface area contributed by atoms with Gasteiger partial charge < -0.3 is 14.2 Å². The highest BCUT2D eigenvalue weighted by atomic mass is 35.5. The lowest BCUT2D eigenvalue weighted by atomic mass is 10.1. The van der Waals surface area contributed by atoms with Gasteiger partial charge in [0.25, 0.3) is 5.91 Å². The number of pyridine rings is 1. The molecular weight excluding hydrogens is 425 g/mol. The van der Waals surface area contributed by atoms with E-state index in [0.717, 1.165) is 11.1 Å². The van der Waals surface area contributed by atoms with Crippen LogP contribution in [0, 0.1) is 18.3 Å². The zero-order valence-corrected chi connectivity index (χ0v) is 18.1. The van der Waals surface area contributed by atoms with Gasteiger partial charge >= 0.3 is 0 Å². The molecule has 7 nitrogen and oxygen atoms in total. The van der Waals surface area contributed by atoms with Crippen molar-refractivity contribution in [2.75, 3.05) is 26.3 Å². The van der Waals surface area contributed by atoms with Crippen LogP contribution in [0.3, 0.4) is 0 Å². The van der Waals surface area contributed by atoms with Crippen molar-refractivity contribution in [3.05, 3.63) is 56.5 Å². The van der Waals surface area contributed by atoms with Gasteiger partial charge in [-0.1, -0.05) is 23.2 Å². The summed E-state index contributed by atoms with van der Waals surface area (Å²) in [6.45, 7) is 3.98. The Morgan fingerprint density at radius 2 is 2.00 bits per heavy atom. The molecule has 0 radical (unpaired) electrons. The number of ether oxygens (including phenoxy) is 1. The molecule has 0 bridgehead atoms. The van der Waals surface area contributed by atoms with Crippen LogP contribution in [0.4, 0.5) is 0 Å². The molecule has 2 aromatic heterocycles. The van der Waals surface area contributed by atoms with E-state index in [2.05, 4.69) is 11.1 Å². The van der Waals surface area contributed by atoms with E-state index in [-0.39, 0.29) is 5.91 Å². The minimum Gasteiger partial charge on any atom is -0.378 e. The summed E-state index contributed by atoms with van der Waals surface area (Å²) >= 11 is 13.1. The molecule has 0 spiro atoms. The standard InChI is InChI=1S/C21H19Cl2N5O2/c1-12-9-13(11-24)25-20-19(12)26-17(27(20)2)10-15-16(22)4-3-14(18(15)23)21(29)28-5-7-30-8-6-28/h3-4,9H,5-8,10H2,1-2H3. The molecule has 9 heteroatoms. The number of aromatic nitrogens is 3. The van der Waals surface area contributed by atoms with Gasteiger partial charge in [0.2, 0.25) is 0 Å². The van der Waals surface area contributed by atoms with Crippen molar-refractivity contribution in [3.63, 3.8) is 0 Å². The highest BCUT2D eigenvalue weighted by Gasteiger charge is 2.24. The van der Waals surface area contributed by atoms with E-state index in [1.54, 1.807) is 23.1 Å². The van der Waals surface area contributed by atoms with Crippen LogP contribution >= 0.6 is 23.2 Å². The molecule has 30 heavy (non-hydrogen) atoms. The molecule has 154 valence electrons. The Kier molecular flexibility index (Phi) is 5.65. The average Bonchev–Trinajstić information content (AvgIpc) is 3.07. The average molecular weight is 444 g/mol. The van der Waals surface area contributed by atoms with Crippen LogP contribution in [-0.4, -0.2) is 51.6 Å². The molecule has 3 aromatic rings. The number of benzene rings is 1. The van der Waals surface area contributed by atoms with Crippen molar-refractivity contribution in [2.45, 2.75) is 13.3 Å². The van der Waals surface area contributed by atoms with E-state index in [1.807, 2.05) is 18.5 Å². The number of carbonyl (C=O) groups is 1. The molecular formula is C21H19Cl2N5O2. The van der Waals surface area contributed by atoms with Crippen LogP contribution in [0.15, 0.2) is 18.2 Å². The number of hydrogen-bond acceptors (Lipinski definition) is 5. The van der Waals surface area contributed by atoms with Gasteiger partial charge in [-0.05, 0) is 36.2 Å². The predicted molar refractivity (Wildman–Crippen MR) is 114 cm³/mol. The van der Waals surface area contributed by atoms with Crippen LogP contribution in [0.5, 0.6) is 0 Å². The monoisotopic (exact) mass is 443 g/mol. The smallest absolute Gasteiger partial charge is 0.255 e. The van der Waals surface area contributed by atoms with Gasteiger partial charge in [0, 0.05) is 31.6 Å². The fourth-order valence-corrected chi connectivity index (χ4v) is 4.17. The van der Waals surface area contributed by atoms with E-state index < -0.39 is 0 Å². The minimum atomic E-state index is -0.137. The summed E-state index contributed by atoms with van der Waals surface area (Å²) in [5, 5.41) is 9.99. The second kappa shape index (κ2) is 8.23. The van der Waals surface area contributed by atoms with Crippen molar-refractivity contribution in [2.24, 2.45) is 7.05 Å². The highest BCUT2D eigenvalue weighted by molar-refractivity contribution is 6.38. The van der Waals surface area contributed by atoms with Crippen molar-refractivity contribution in [3.8, 4) is 6.07 Å². The van der Waals surface area contributed by atoms with E-state index in [9.17, 15) is 10.1 Å². The molecule has 0 saturated carbocycles. The third kappa shape index (κ3) is 3.63. The van der Waals surface area contributed by atoms with Crippen molar-refractivity contribution in [1.29, 1.82) is 5.26 Å². The molecule has 1 saturated heterocycles. The van der Waals surface area contributed by atoms with Crippen molar-refractivity contribution < 1.29 is 9.53 Å². The molecule has 0 N–H and O–H groups in total. The maximum atomic E-state index is 12.9. The summed E-state index contributed by atoms with van der Waals surface area (Å²) in [5.74, 6) is 0.554. The first-order chi connectivity index (χ1) is 14.4. The quantitative estimate of drug-likeness (QED) is 0.617. The van der Waals surface area contributed by atoms with E-state index in [1.165, 1.54) is 0 Å². The number of carbonyl (C=O) groups excluding carboxylic acids is 1. The second-order valence-corrected chi connectivity index (χ2v) is 7.95. The summed E-state index contributed by atoms with van der Waals surface area (Å²) in [6.07, 6.45) is 0.329. The lowest BCUT2D eigenvalue weighted by Crippen LogP contribution is -2.40. The van der Waals surface area contributed by atoms with Gasteiger partial charge in [0.1, 0.15) is 23.1 Å². The van der Waals surface area contributed by atoms with E-state index >= 15 is 0 Å². The fraction of sp³-hybridized carbons (Fsp3) is 0.333.